The minimum Gasteiger partial charge on any atom is -0.503 e. The summed E-state index contributed by atoms with van der Waals surface area (Å²) in [5, 5.41) is 13.1. The number of rotatable bonds is 3. The molecule has 9 heteroatoms. The molecule has 7 nitrogen and oxygen atoms in total. The van der Waals surface area contributed by atoms with Crippen LogP contribution in [0.5, 0.6) is 5.75 Å². The second-order valence-electron chi connectivity index (χ2n) is 8.98. The van der Waals surface area contributed by atoms with Crippen molar-refractivity contribution in [3.8, 4) is 5.75 Å². The van der Waals surface area contributed by atoms with E-state index in [0.717, 1.165) is 18.9 Å². The molecule has 32 heavy (non-hydrogen) atoms. The van der Waals surface area contributed by atoms with Crippen molar-refractivity contribution in [1.29, 1.82) is 0 Å². The lowest BCUT2D eigenvalue weighted by atomic mass is 9.82. The van der Waals surface area contributed by atoms with E-state index in [0.29, 0.717) is 12.6 Å². The first-order valence-electron chi connectivity index (χ1n) is 10.6. The number of carbonyl (C=O) groups is 2. The van der Waals surface area contributed by atoms with Gasteiger partial charge in [-0.15, -0.1) is 0 Å². The highest BCUT2D eigenvalue weighted by Gasteiger charge is 2.48. The highest BCUT2D eigenvalue weighted by atomic mass is 19.1. The van der Waals surface area contributed by atoms with Crippen molar-refractivity contribution < 1.29 is 23.5 Å². The van der Waals surface area contributed by atoms with Crippen LogP contribution in [0.4, 0.5) is 8.78 Å². The fourth-order valence-electron chi connectivity index (χ4n) is 4.64. The van der Waals surface area contributed by atoms with Crippen molar-refractivity contribution in [1.82, 2.24) is 14.8 Å². The lowest BCUT2D eigenvalue weighted by Crippen LogP contribution is -2.56. The summed E-state index contributed by atoms with van der Waals surface area (Å²) in [4.78, 5) is 40.4. The van der Waals surface area contributed by atoms with Crippen molar-refractivity contribution in [3.05, 3.63) is 63.1 Å². The molecule has 0 spiro atoms. The molecule has 170 valence electrons. The topological polar surface area (TPSA) is 91.6 Å². The summed E-state index contributed by atoms with van der Waals surface area (Å²) >= 11 is 0. The molecule has 2 bridgehead atoms. The van der Waals surface area contributed by atoms with Gasteiger partial charge in [0.15, 0.2) is 11.4 Å². The van der Waals surface area contributed by atoms with Crippen LogP contribution in [0.2, 0.25) is 0 Å². The average Bonchev–Trinajstić information content (AvgIpc) is 2.84. The molecule has 4 rings (SSSR count). The van der Waals surface area contributed by atoms with E-state index in [4.69, 9.17) is 0 Å². The van der Waals surface area contributed by atoms with Gasteiger partial charge in [-0.2, -0.15) is 0 Å². The zero-order chi connectivity index (χ0) is 23.4. The van der Waals surface area contributed by atoms with E-state index in [1.807, 2.05) is 20.8 Å². The number of hydrogen-bond acceptors (Lipinski definition) is 4. The Morgan fingerprint density at radius 2 is 1.97 bits per heavy atom. The fraction of sp³-hybridized carbons (Fsp3) is 0.435. The van der Waals surface area contributed by atoms with Crippen LogP contribution in [0, 0.1) is 17.6 Å². The van der Waals surface area contributed by atoms with Gasteiger partial charge >= 0.3 is 0 Å². The molecule has 2 amide bonds. The van der Waals surface area contributed by atoms with Crippen LogP contribution in [0.1, 0.15) is 60.0 Å². The predicted molar refractivity (Wildman–Crippen MR) is 112 cm³/mol. The molecule has 0 radical (unpaired) electrons. The first-order chi connectivity index (χ1) is 15.0. The van der Waals surface area contributed by atoms with Crippen molar-refractivity contribution in [3.63, 3.8) is 0 Å². The summed E-state index contributed by atoms with van der Waals surface area (Å²) in [5.41, 5.74) is -2.01. The zero-order valence-corrected chi connectivity index (χ0v) is 18.1. The number of amides is 2. The van der Waals surface area contributed by atoms with Gasteiger partial charge < -0.3 is 19.9 Å². The number of hydrogen-bond donors (Lipinski definition) is 2. The van der Waals surface area contributed by atoms with Crippen LogP contribution >= 0.6 is 0 Å². The van der Waals surface area contributed by atoms with E-state index < -0.39 is 40.2 Å². The third-order valence-electron chi connectivity index (χ3n) is 7.00. The summed E-state index contributed by atoms with van der Waals surface area (Å²) in [6, 6.07) is 2.93. The largest absolute Gasteiger partial charge is 0.503 e. The number of aromatic nitrogens is 1. The Bertz CT molecular complexity index is 1180. The van der Waals surface area contributed by atoms with Gasteiger partial charge in [0.2, 0.25) is 5.43 Å². The number of fused-ring (bicyclic) bond motifs is 4. The van der Waals surface area contributed by atoms with Gasteiger partial charge in [-0.05, 0) is 38.7 Å². The molecule has 3 unspecified atom stereocenters. The minimum absolute atomic E-state index is 0.0383. The second kappa shape index (κ2) is 7.72. The number of halogens is 2. The molecule has 1 aromatic heterocycles. The molecule has 2 N–H and O–H groups in total. The maximum Gasteiger partial charge on any atom is 0.274 e. The summed E-state index contributed by atoms with van der Waals surface area (Å²) in [6.07, 6.45) is 2.94. The Morgan fingerprint density at radius 3 is 2.66 bits per heavy atom. The van der Waals surface area contributed by atoms with Gasteiger partial charge in [-0.25, -0.2) is 8.78 Å². The lowest BCUT2D eigenvalue weighted by Gasteiger charge is -2.46. The maximum absolute atomic E-state index is 13.9. The normalized spacial score (nSPS) is 24.7. The quantitative estimate of drug-likeness (QED) is 0.760. The smallest absolute Gasteiger partial charge is 0.274 e. The lowest BCUT2D eigenvalue weighted by molar-refractivity contribution is 0.0454. The van der Waals surface area contributed by atoms with Gasteiger partial charge in [0.25, 0.3) is 11.8 Å². The Hall–Kier alpha value is -3.23. The molecule has 3 heterocycles. The van der Waals surface area contributed by atoms with Crippen LogP contribution < -0.4 is 10.7 Å². The van der Waals surface area contributed by atoms with Gasteiger partial charge in [-0.3, -0.25) is 14.4 Å². The number of benzene rings is 1. The Morgan fingerprint density at radius 1 is 1.25 bits per heavy atom. The summed E-state index contributed by atoms with van der Waals surface area (Å²) < 4.78 is 28.5. The van der Waals surface area contributed by atoms with Crippen molar-refractivity contribution in [2.45, 2.75) is 51.7 Å². The summed E-state index contributed by atoms with van der Waals surface area (Å²) in [5.74, 6) is -3.50. The number of nitrogens with one attached hydrogen (secondary N) is 1. The third kappa shape index (κ3) is 3.36. The van der Waals surface area contributed by atoms with E-state index in [2.05, 4.69) is 5.32 Å². The number of aromatic hydroxyl groups is 1. The van der Waals surface area contributed by atoms with Gasteiger partial charge in [-0.1, -0.05) is 13.0 Å². The maximum atomic E-state index is 13.9. The van der Waals surface area contributed by atoms with Crippen LogP contribution in [0.3, 0.4) is 0 Å². The third-order valence-corrected chi connectivity index (χ3v) is 7.00. The Labute approximate surface area is 183 Å². The molecular weight excluding hydrogens is 420 g/mol. The molecule has 2 aromatic rings. The van der Waals surface area contributed by atoms with E-state index in [1.165, 1.54) is 12.3 Å². The molecule has 1 saturated heterocycles. The Kier molecular flexibility index (Phi) is 5.30. The van der Waals surface area contributed by atoms with Gasteiger partial charge in [0.05, 0.1) is 5.54 Å². The predicted octanol–water partition coefficient (Wildman–Crippen LogP) is 2.75. The molecule has 1 aromatic carbocycles. The molecule has 3 atom stereocenters. The monoisotopic (exact) mass is 445 g/mol. The Balaban J connectivity index is 1.74. The van der Waals surface area contributed by atoms with Crippen molar-refractivity contribution in [2.75, 3.05) is 6.54 Å². The SMILES string of the molecule is CC1CCC(C)C2(C)CN1C(=O)c1c(O)c(=O)c(C(=O)NCc3ccc(F)cc3F)cn12. The molecule has 2 aliphatic rings. The zero-order valence-electron chi connectivity index (χ0n) is 18.1. The standard InChI is InChI=1S/C23H25F2N3O4/c1-12-4-5-13(2)27-11-23(12,3)28-10-16(19(29)20(30)18(28)22(27)32)21(31)26-9-14-6-7-15(24)8-17(14)25/h6-8,10,12-13,30H,4-5,9,11H2,1-3H3,(H,26,31). The molecule has 2 aliphatic heterocycles. The highest BCUT2D eigenvalue weighted by Crippen LogP contribution is 2.41. The molecule has 0 saturated carbocycles. The highest BCUT2D eigenvalue weighted by molar-refractivity contribution is 5.99. The van der Waals surface area contributed by atoms with Crippen LogP contribution in [0.15, 0.2) is 29.2 Å². The molecular formula is C23H25F2N3O4. The average molecular weight is 445 g/mol. The first-order valence-corrected chi connectivity index (χ1v) is 10.6. The van der Waals surface area contributed by atoms with Gasteiger partial charge in [0, 0.05) is 37.0 Å². The fourth-order valence-corrected chi connectivity index (χ4v) is 4.64. The molecule has 0 aliphatic carbocycles. The minimum atomic E-state index is -0.967. The number of nitrogens with zero attached hydrogens (tertiary/aromatic N) is 2. The molecule has 1 fully saturated rings. The van der Waals surface area contributed by atoms with Crippen molar-refractivity contribution >= 4 is 11.8 Å². The summed E-state index contributed by atoms with van der Waals surface area (Å²) in [6.45, 7) is 6.05. The second-order valence-corrected chi connectivity index (χ2v) is 8.98. The van der Waals surface area contributed by atoms with Crippen LogP contribution in [-0.2, 0) is 12.1 Å². The van der Waals surface area contributed by atoms with Crippen LogP contribution in [-0.4, -0.2) is 39.0 Å². The van der Waals surface area contributed by atoms with E-state index in [9.17, 15) is 28.3 Å². The summed E-state index contributed by atoms with van der Waals surface area (Å²) in [7, 11) is 0. The van der Waals surface area contributed by atoms with E-state index in [1.54, 1.807) is 9.47 Å². The van der Waals surface area contributed by atoms with E-state index >= 15 is 0 Å². The van der Waals surface area contributed by atoms with Crippen molar-refractivity contribution in [2.24, 2.45) is 5.92 Å². The van der Waals surface area contributed by atoms with E-state index in [-0.39, 0.29) is 35.3 Å². The number of carbonyl (C=O) groups excluding carboxylic acids is 2. The first kappa shape index (κ1) is 22.0. The van der Waals surface area contributed by atoms with Crippen LogP contribution in [0.25, 0.3) is 0 Å². The number of pyridine rings is 1. The van der Waals surface area contributed by atoms with Gasteiger partial charge in [0.1, 0.15) is 17.2 Å².